The average Bonchev–Trinajstić information content (AvgIpc) is 2.66. The molecule has 0 aromatic carbocycles. The maximum atomic E-state index is 11.5. The molecular formula is C17H22O4. The molecule has 1 unspecified atom stereocenters. The van der Waals surface area contributed by atoms with Gasteiger partial charge in [0.1, 0.15) is 18.7 Å². The molecule has 0 aromatic heterocycles. The van der Waals surface area contributed by atoms with Gasteiger partial charge in [0, 0.05) is 24.3 Å². The van der Waals surface area contributed by atoms with Crippen molar-refractivity contribution >= 4 is 18.5 Å². The van der Waals surface area contributed by atoms with Crippen LogP contribution in [0.25, 0.3) is 0 Å². The Hall–Kier alpha value is -1.71. The normalized spacial score (nSPS) is 31.4. The second-order valence-electron chi connectivity index (χ2n) is 6.89. The lowest BCUT2D eigenvalue weighted by Crippen LogP contribution is -2.27. The van der Waals surface area contributed by atoms with Gasteiger partial charge in [-0.3, -0.25) is 9.59 Å². The second-order valence-corrected chi connectivity index (χ2v) is 6.89. The van der Waals surface area contributed by atoms with Crippen molar-refractivity contribution in [2.75, 3.05) is 0 Å². The lowest BCUT2D eigenvalue weighted by molar-refractivity contribution is -0.146. The minimum Gasteiger partial charge on any atom is -0.457 e. The van der Waals surface area contributed by atoms with Crippen molar-refractivity contribution in [1.82, 2.24) is 0 Å². The van der Waals surface area contributed by atoms with Crippen LogP contribution in [-0.2, 0) is 19.1 Å². The van der Waals surface area contributed by atoms with E-state index in [1.165, 1.54) is 6.92 Å². The van der Waals surface area contributed by atoms with Crippen LogP contribution in [0, 0.1) is 17.3 Å². The molecule has 2 aliphatic rings. The summed E-state index contributed by atoms with van der Waals surface area (Å²) in [6.07, 6.45) is 3.12. The lowest BCUT2D eigenvalue weighted by Gasteiger charge is -2.26. The van der Waals surface area contributed by atoms with Gasteiger partial charge in [0.25, 0.3) is 0 Å². The smallest absolute Gasteiger partial charge is 0.303 e. The number of fused-ring (bicyclic) bond motifs is 1. The zero-order valence-corrected chi connectivity index (χ0v) is 12.8. The predicted octanol–water partition coefficient (Wildman–Crippen LogP) is 2.62. The SMILES string of the molecule is C=C1CC(C=O)C(C=O)=C2CC(C)(C)C[C@H]2[C@@H]1OC(C)=O. The Labute approximate surface area is 125 Å². The van der Waals surface area contributed by atoms with Crippen molar-refractivity contribution in [2.24, 2.45) is 17.3 Å². The summed E-state index contributed by atoms with van der Waals surface area (Å²) < 4.78 is 5.47. The molecule has 0 radical (unpaired) electrons. The van der Waals surface area contributed by atoms with Crippen molar-refractivity contribution < 1.29 is 19.1 Å². The summed E-state index contributed by atoms with van der Waals surface area (Å²) in [6, 6.07) is 0. The summed E-state index contributed by atoms with van der Waals surface area (Å²) in [6.45, 7) is 9.63. The Kier molecular flexibility index (Phi) is 4.17. The number of carbonyl (C=O) groups is 3. The molecule has 4 heteroatoms. The fourth-order valence-electron chi connectivity index (χ4n) is 3.70. The fraction of sp³-hybridized carbons (Fsp3) is 0.588. The van der Waals surface area contributed by atoms with E-state index >= 15 is 0 Å². The highest BCUT2D eigenvalue weighted by atomic mass is 16.5. The summed E-state index contributed by atoms with van der Waals surface area (Å²) in [5, 5.41) is 0. The number of hydrogen-bond acceptors (Lipinski definition) is 4. The minimum atomic E-state index is -0.470. The van der Waals surface area contributed by atoms with Crippen LogP contribution >= 0.6 is 0 Å². The van der Waals surface area contributed by atoms with Crippen molar-refractivity contribution in [3.8, 4) is 0 Å². The number of esters is 1. The Balaban J connectivity index is 2.52. The van der Waals surface area contributed by atoms with Crippen LogP contribution in [-0.4, -0.2) is 24.6 Å². The highest BCUT2D eigenvalue weighted by Gasteiger charge is 2.45. The molecule has 1 fully saturated rings. The van der Waals surface area contributed by atoms with E-state index in [4.69, 9.17) is 4.74 Å². The van der Waals surface area contributed by atoms with E-state index in [1.807, 2.05) is 0 Å². The molecule has 4 nitrogen and oxygen atoms in total. The summed E-state index contributed by atoms with van der Waals surface area (Å²) in [5.41, 5.74) is 2.28. The number of ether oxygens (including phenoxy) is 1. The first kappa shape index (κ1) is 15.7. The molecule has 2 rings (SSSR count). The maximum absolute atomic E-state index is 11.5. The summed E-state index contributed by atoms with van der Waals surface area (Å²) >= 11 is 0. The Bertz CT molecular complexity index is 527. The van der Waals surface area contributed by atoms with E-state index in [-0.39, 0.29) is 17.3 Å². The van der Waals surface area contributed by atoms with E-state index in [0.717, 1.165) is 36.6 Å². The van der Waals surface area contributed by atoms with E-state index < -0.39 is 12.0 Å². The predicted molar refractivity (Wildman–Crippen MR) is 78.5 cm³/mol. The molecule has 0 heterocycles. The minimum absolute atomic E-state index is 0.0255. The molecule has 2 aliphatic carbocycles. The van der Waals surface area contributed by atoms with Crippen LogP contribution < -0.4 is 0 Å². The highest BCUT2D eigenvalue weighted by molar-refractivity contribution is 5.83. The summed E-state index contributed by atoms with van der Waals surface area (Å²) in [7, 11) is 0. The van der Waals surface area contributed by atoms with E-state index in [1.54, 1.807) is 0 Å². The molecule has 114 valence electrons. The van der Waals surface area contributed by atoms with E-state index in [9.17, 15) is 14.4 Å². The van der Waals surface area contributed by atoms with Gasteiger partial charge in [-0.25, -0.2) is 0 Å². The zero-order chi connectivity index (χ0) is 15.8. The Morgan fingerprint density at radius 2 is 2.05 bits per heavy atom. The van der Waals surface area contributed by atoms with Crippen LogP contribution in [0.2, 0.25) is 0 Å². The molecule has 1 saturated carbocycles. The van der Waals surface area contributed by atoms with Crippen molar-refractivity contribution in [3.63, 3.8) is 0 Å². The van der Waals surface area contributed by atoms with Gasteiger partial charge in [0.05, 0.1) is 0 Å². The van der Waals surface area contributed by atoms with Gasteiger partial charge in [-0.1, -0.05) is 26.0 Å². The monoisotopic (exact) mass is 290 g/mol. The number of carbonyl (C=O) groups excluding carboxylic acids is 3. The highest BCUT2D eigenvalue weighted by Crippen LogP contribution is 2.51. The summed E-state index contributed by atoms with van der Waals surface area (Å²) in [5.74, 6) is -0.870. The average molecular weight is 290 g/mol. The third kappa shape index (κ3) is 2.99. The van der Waals surface area contributed by atoms with Gasteiger partial charge in [0.15, 0.2) is 0 Å². The van der Waals surface area contributed by atoms with Crippen LogP contribution in [0.3, 0.4) is 0 Å². The second kappa shape index (κ2) is 5.58. The van der Waals surface area contributed by atoms with Crippen molar-refractivity contribution in [2.45, 2.75) is 46.1 Å². The number of hydrogen-bond donors (Lipinski definition) is 0. The van der Waals surface area contributed by atoms with Gasteiger partial charge in [-0.05, 0) is 30.3 Å². The first-order valence-electron chi connectivity index (χ1n) is 7.27. The van der Waals surface area contributed by atoms with Gasteiger partial charge in [-0.2, -0.15) is 0 Å². The molecular weight excluding hydrogens is 268 g/mol. The third-order valence-electron chi connectivity index (χ3n) is 4.49. The molecule has 0 saturated heterocycles. The number of aldehydes is 2. The molecule has 0 spiro atoms. The third-order valence-corrected chi connectivity index (χ3v) is 4.49. The first-order chi connectivity index (χ1) is 9.79. The van der Waals surface area contributed by atoms with Crippen molar-refractivity contribution in [3.05, 3.63) is 23.3 Å². The fourth-order valence-corrected chi connectivity index (χ4v) is 3.70. The van der Waals surface area contributed by atoms with Gasteiger partial charge < -0.3 is 9.53 Å². The molecule has 0 N–H and O–H groups in total. The largest absolute Gasteiger partial charge is 0.457 e. The Morgan fingerprint density at radius 3 is 2.57 bits per heavy atom. The first-order valence-corrected chi connectivity index (χ1v) is 7.27. The quantitative estimate of drug-likeness (QED) is 0.455. The molecule has 0 aliphatic heterocycles. The Morgan fingerprint density at radius 1 is 1.38 bits per heavy atom. The summed E-state index contributed by atoms with van der Waals surface area (Å²) in [4.78, 5) is 34.3. The molecule has 0 bridgehead atoms. The standard InChI is InChI=1S/C17H22O4/c1-10-5-12(8-18)15(9-19)13-6-17(3,4)7-14(13)16(10)21-11(2)20/h8-9,12,14,16H,1,5-7H2,2-4H3/t12?,14-,16-/m1/s1. The van der Waals surface area contributed by atoms with E-state index in [0.29, 0.717) is 12.0 Å². The molecule has 0 amide bonds. The number of allylic oxidation sites excluding steroid dienone is 1. The lowest BCUT2D eigenvalue weighted by atomic mass is 9.86. The van der Waals surface area contributed by atoms with Crippen LogP contribution in [0.1, 0.15) is 40.0 Å². The van der Waals surface area contributed by atoms with Gasteiger partial charge >= 0.3 is 5.97 Å². The molecule has 0 aromatic rings. The molecule has 21 heavy (non-hydrogen) atoms. The maximum Gasteiger partial charge on any atom is 0.303 e. The van der Waals surface area contributed by atoms with Crippen LogP contribution in [0.15, 0.2) is 23.3 Å². The topological polar surface area (TPSA) is 60.4 Å². The van der Waals surface area contributed by atoms with Crippen LogP contribution in [0.5, 0.6) is 0 Å². The number of rotatable bonds is 3. The van der Waals surface area contributed by atoms with Gasteiger partial charge in [-0.15, -0.1) is 0 Å². The molecule has 3 atom stereocenters. The van der Waals surface area contributed by atoms with Crippen molar-refractivity contribution in [1.29, 1.82) is 0 Å². The zero-order valence-electron chi connectivity index (χ0n) is 12.8. The van der Waals surface area contributed by atoms with Crippen LogP contribution in [0.4, 0.5) is 0 Å². The van der Waals surface area contributed by atoms with E-state index in [2.05, 4.69) is 20.4 Å². The van der Waals surface area contributed by atoms with Gasteiger partial charge in [0.2, 0.25) is 0 Å².